The van der Waals surface area contributed by atoms with Gasteiger partial charge >= 0.3 is 0 Å². The molecule has 2 aromatic rings. The third kappa shape index (κ3) is 5.39. The molecule has 1 N–H and O–H groups in total. The predicted molar refractivity (Wildman–Crippen MR) is 104 cm³/mol. The molecular weight excluding hydrogens is 340 g/mol. The smallest absolute Gasteiger partial charge is 0.220 e. The van der Waals surface area contributed by atoms with Crippen LogP contribution in [0.1, 0.15) is 51.5 Å². The molecule has 0 spiro atoms. The van der Waals surface area contributed by atoms with Gasteiger partial charge in [-0.1, -0.05) is 30.3 Å². The number of rotatable bonds is 8. The second-order valence-electron chi connectivity index (χ2n) is 8.04. The molecule has 146 valence electrons. The van der Waals surface area contributed by atoms with Crippen LogP contribution in [-0.4, -0.2) is 39.4 Å². The first-order chi connectivity index (χ1) is 13.0. The lowest BCUT2D eigenvalue weighted by molar-refractivity contribution is -0.121. The van der Waals surface area contributed by atoms with Crippen molar-refractivity contribution in [3.63, 3.8) is 0 Å². The number of hydrogen-bond donors (Lipinski definition) is 1. The molecule has 1 atom stereocenters. The van der Waals surface area contributed by atoms with E-state index in [1.165, 1.54) is 11.9 Å². The van der Waals surface area contributed by atoms with Crippen LogP contribution in [0.15, 0.2) is 43.0 Å². The summed E-state index contributed by atoms with van der Waals surface area (Å²) >= 11 is 0. The molecule has 1 aromatic heterocycles. The van der Waals surface area contributed by atoms with Crippen molar-refractivity contribution in [1.82, 2.24) is 20.1 Å². The summed E-state index contributed by atoms with van der Waals surface area (Å²) in [5.74, 6) is 0.102. The highest BCUT2D eigenvalue weighted by molar-refractivity contribution is 5.75. The van der Waals surface area contributed by atoms with E-state index in [-0.39, 0.29) is 16.9 Å². The molecule has 6 heteroatoms. The average molecular weight is 370 g/mol. The Morgan fingerprint density at radius 1 is 1.30 bits per heavy atom. The van der Waals surface area contributed by atoms with Crippen molar-refractivity contribution >= 4 is 5.91 Å². The van der Waals surface area contributed by atoms with Crippen molar-refractivity contribution in [2.24, 2.45) is 0 Å². The second-order valence-corrected chi connectivity index (χ2v) is 8.04. The molecule has 1 amide bonds. The standard InChI is InChI=1S/C21H30N4O2/c1-20(2)15-21(11-14-27-20,18-7-4-3-5-8-18)10-12-23-19(26)9-6-13-25-17-22-16-24-25/h3-5,7-8,16-17H,6,9-15H2,1-2H3,(H,23,26). The number of carbonyl (C=O) groups excluding carboxylic acids is 1. The molecular formula is C21H30N4O2. The lowest BCUT2D eigenvalue weighted by Gasteiger charge is -2.45. The van der Waals surface area contributed by atoms with Gasteiger partial charge in [0.2, 0.25) is 5.91 Å². The summed E-state index contributed by atoms with van der Waals surface area (Å²) in [6, 6.07) is 10.7. The van der Waals surface area contributed by atoms with Crippen LogP contribution in [0.3, 0.4) is 0 Å². The molecule has 6 nitrogen and oxygen atoms in total. The van der Waals surface area contributed by atoms with E-state index in [9.17, 15) is 4.79 Å². The SMILES string of the molecule is CC1(C)CC(CCNC(=O)CCCn2cncn2)(c2ccccc2)CCO1. The minimum Gasteiger partial charge on any atom is -0.376 e. The molecule has 0 radical (unpaired) electrons. The van der Waals surface area contributed by atoms with Crippen LogP contribution in [0.4, 0.5) is 0 Å². The van der Waals surface area contributed by atoms with Crippen LogP contribution < -0.4 is 5.32 Å². The third-order valence-corrected chi connectivity index (χ3v) is 5.41. The molecule has 1 saturated heterocycles. The first kappa shape index (κ1) is 19.5. The van der Waals surface area contributed by atoms with Gasteiger partial charge in [-0.25, -0.2) is 4.98 Å². The number of hydrogen-bond acceptors (Lipinski definition) is 4. The van der Waals surface area contributed by atoms with Gasteiger partial charge in [0.05, 0.1) is 5.60 Å². The van der Waals surface area contributed by atoms with E-state index in [2.05, 4.69) is 59.6 Å². The van der Waals surface area contributed by atoms with E-state index in [0.29, 0.717) is 19.5 Å². The molecule has 2 heterocycles. The Balaban J connectivity index is 1.53. The summed E-state index contributed by atoms with van der Waals surface area (Å²) in [5, 5.41) is 7.16. The monoisotopic (exact) mass is 370 g/mol. The number of nitrogens with zero attached hydrogens (tertiary/aromatic N) is 3. The third-order valence-electron chi connectivity index (χ3n) is 5.41. The van der Waals surface area contributed by atoms with Gasteiger partial charge in [-0.3, -0.25) is 9.48 Å². The van der Waals surface area contributed by atoms with Gasteiger partial charge in [0.25, 0.3) is 0 Å². The summed E-state index contributed by atoms with van der Waals surface area (Å²) in [6.45, 7) is 6.48. The van der Waals surface area contributed by atoms with Gasteiger partial charge in [-0.2, -0.15) is 5.10 Å². The van der Waals surface area contributed by atoms with E-state index in [1.807, 2.05) is 0 Å². The van der Waals surface area contributed by atoms with Gasteiger partial charge in [0.15, 0.2) is 0 Å². The maximum atomic E-state index is 12.2. The Morgan fingerprint density at radius 3 is 2.81 bits per heavy atom. The fourth-order valence-corrected chi connectivity index (χ4v) is 4.15. The predicted octanol–water partition coefficient (Wildman–Crippen LogP) is 3.09. The molecule has 3 rings (SSSR count). The van der Waals surface area contributed by atoms with Crippen molar-refractivity contribution < 1.29 is 9.53 Å². The van der Waals surface area contributed by atoms with Gasteiger partial charge in [-0.15, -0.1) is 0 Å². The maximum absolute atomic E-state index is 12.2. The Morgan fingerprint density at radius 2 is 2.11 bits per heavy atom. The molecule has 1 unspecified atom stereocenters. The van der Waals surface area contributed by atoms with Crippen LogP contribution in [0, 0.1) is 0 Å². The topological polar surface area (TPSA) is 69.0 Å². The van der Waals surface area contributed by atoms with Crippen molar-refractivity contribution in [2.75, 3.05) is 13.2 Å². The second kappa shape index (κ2) is 8.65. The van der Waals surface area contributed by atoms with E-state index in [4.69, 9.17) is 4.74 Å². The van der Waals surface area contributed by atoms with Crippen LogP contribution in [0.25, 0.3) is 0 Å². The van der Waals surface area contributed by atoms with Gasteiger partial charge < -0.3 is 10.1 Å². The summed E-state index contributed by atoms with van der Waals surface area (Å²) in [7, 11) is 0. The zero-order chi connectivity index (χ0) is 19.2. The number of nitrogens with one attached hydrogen (secondary N) is 1. The Hall–Kier alpha value is -2.21. The van der Waals surface area contributed by atoms with Gasteiger partial charge in [-0.05, 0) is 45.1 Å². The summed E-state index contributed by atoms with van der Waals surface area (Å²) in [6.07, 6.45) is 7.34. The largest absolute Gasteiger partial charge is 0.376 e. The van der Waals surface area contributed by atoms with Crippen LogP contribution >= 0.6 is 0 Å². The van der Waals surface area contributed by atoms with Crippen molar-refractivity contribution in [1.29, 1.82) is 0 Å². The highest BCUT2D eigenvalue weighted by Gasteiger charge is 2.41. The van der Waals surface area contributed by atoms with Crippen molar-refractivity contribution in [3.8, 4) is 0 Å². The molecule has 0 aliphatic carbocycles. The molecule has 0 saturated carbocycles. The van der Waals surface area contributed by atoms with Crippen LogP contribution in [-0.2, 0) is 21.5 Å². The Bertz CT molecular complexity index is 715. The number of aromatic nitrogens is 3. The number of carbonyl (C=O) groups is 1. The van der Waals surface area contributed by atoms with E-state index >= 15 is 0 Å². The summed E-state index contributed by atoms with van der Waals surface area (Å²) < 4.78 is 7.71. The fourth-order valence-electron chi connectivity index (χ4n) is 4.15. The number of ether oxygens (including phenoxy) is 1. The fraction of sp³-hybridized carbons (Fsp3) is 0.571. The number of aryl methyl sites for hydroxylation is 1. The molecule has 1 fully saturated rings. The maximum Gasteiger partial charge on any atom is 0.220 e. The minimum atomic E-state index is -0.143. The zero-order valence-corrected chi connectivity index (χ0v) is 16.4. The highest BCUT2D eigenvalue weighted by atomic mass is 16.5. The molecule has 0 bridgehead atoms. The van der Waals surface area contributed by atoms with Crippen LogP contribution in [0.2, 0.25) is 0 Å². The van der Waals surface area contributed by atoms with Crippen molar-refractivity contribution in [3.05, 3.63) is 48.5 Å². The first-order valence-electron chi connectivity index (χ1n) is 9.78. The molecule has 1 aromatic carbocycles. The first-order valence-corrected chi connectivity index (χ1v) is 9.78. The van der Waals surface area contributed by atoms with E-state index in [0.717, 1.165) is 32.3 Å². The zero-order valence-electron chi connectivity index (χ0n) is 16.4. The normalized spacial score (nSPS) is 21.7. The Kier molecular flexibility index (Phi) is 6.26. The number of benzene rings is 1. The Labute approximate surface area is 161 Å². The lowest BCUT2D eigenvalue weighted by atomic mass is 9.67. The van der Waals surface area contributed by atoms with Gasteiger partial charge in [0, 0.05) is 31.5 Å². The summed E-state index contributed by atoms with van der Waals surface area (Å²) in [4.78, 5) is 16.1. The van der Waals surface area contributed by atoms with Crippen LogP contribution in [0.5, 0.6) is 0 Å². The molecule has 1 aliphatic heterocycles. The average Bonchev–Trinajstić information content (AvgIpc) is 3.15. The van der Waals surface area contributed by atoms with Crippen molar-refractivity contribution in [2.45, 2.75) is 63.5 Å². The highest BCUT2D eigenvalue weighted by Crippen LogP contribution is 2.43. The minimum absolute atomic E-state index is 0.0526. The molecule has 27 heavy (non-hydrogen) atoms. The van der Waals surface area contributed by atoms with Gasteiger partial charge in [0.1, 0.15) is 12.7 Å². The summed E-state index contributed by atoms with van der Waals surface area (Å²) in [5.41, 5.74) is 1.26. The molecule has 1 aliphatic rings. The van der Waals surface area contributed by atoms with E-state index < -0.39 is 0 Å². The number of amides is 1. The lowest BCUT2D eigenvalue weighted by Crippen LogP contribution is -2.45. The van der Waals surface area contributed by atoms with E-state index in [1.54, 1.807) is 11.0 Å². The quantitative estimate of drug-likeness (QED) is 0.775.